The minimum Gasteiger partial charge on any atom is -0.369 e. The van der Waals surface area contributed by atoms with E-state index in [0.717, 1.165) is 55.6 Å². The van der Waals surface area contributed by atoms with Crippen LogP contribution in [0.5, 0.6) is 0 Å². The van der Waals surface area contributed by atoms with Crippen LogP contribution in [0.15, 0.2) is 54.7 Å². The Kier molecular flexibility index (Phi) is 5.55. The molecule has 4 aromatic rings. The third-order valence-corrected chi connectivity index (χ3v) is 5.68. The van der Waals surface area contributed by atoms with Crippen molar-refractivity contribution >= 4 is 40.1 Å². The number of nitrogens with zero attached hydrogens (tertiary/aromatic N) is 5. The maximum absolute atomic E-state index is 14.4. The molecule has 0 atom stereocenters. The Balaban J connectivity index is 1.27. The standard InChI is InChI=1S/C23H25FN8/c1-2-31-11-13-32(14-12-31)17-9-7-16(8-10-17)26-21-18(24)15-25-22(29-21)30-23-27-19-5-3-4-6-20(19)28-23/h3-10,15H,2,11-14H2,1H3,(H3,25,26,27,28,29,30). The smallest absolute Gasteiger partial charge is 0.231 e. The number of anilines is 5. The lowest BCUT2D eigenvalue weighted by Gasteiger charge is -2.35. The van der Waals surface area contributed by atoms with E-state index in [0.29, 0.717) is 5.95 Å². The zero-order valence-corrected chi connectivity index (χ0v) is 17.8. The van der Waals surface area contributed by atoms with Crippen LogP contribution >= 0.6 is 0 Å². The molecule has 8 nitrogen and oxygen atoms in total. The van der Waals surface area contributed by atoms with Crippen LogP contribution in [0.3, 0.4) is 0 Å². The quantitative estimate of drug-likeness (QED) is 0.423. The summed E-state index contributed by atoms with van der Waals surface area (Å²) in [6.45, 7) is 7.46. The molecule has 0 bridgehead atoms. The Bertz CT molecular complexity index is 1170. The van der Waals surface area contributed by atoms with E-state index in [1.165, 1.54) is 5.69 Å². The molecular weight excluding hydrogens is 407 g/mol. The van der Waals surface area contributed by atoms with Crippen LogP contribution in [0.2, 0.25) is 0 Å². The van der Waals surface area contributed by atoms with Crippen LogP contribution in [-0.2, 0) is 0 Å². The molecule has 9 heteroatoms. The van der Waals surface area contributed by atoms with E-state index in [1.807, 2.05) is 36.4 Å². The maximum atomic E-state index is 14.4. The van der Waals surface area contributed by atoms with Gasteiger partial charge in [-0.3, -0.25) is 5.32 Å². The SMILES string of the molecule is CCN1CCN(c2ccc(Nc3nc(Nc4nc5ccccc5[nH]4)ncc3F)cc2)CC1. The predicted octanol–water partition coefficient (Wildman–Crippen LogP) is 4.12. The zero-order valence-electron chi connectivity index (χ0n) is 17.8. The molecule has 0 unspecified atom stereocenters. The highest BCUT2D eigenvalue weighted by Crippen LogP contribution is 2.24. The van der Waals surface area contributed by atoms with Gasteiger partial charge in [0.25, 0.3) is 0 Å². The average Bonchev–Trinajstić information content (AvgIpc) is 3.24. The number of aromatic nitrogens is 4. The van der Waals surface area contributed by atoms with Gasteiger partial charge in [-0.15, -0.1) is 0 Å². The van der Waals surface area contributed by atoms with Gasteiger partial charge in [0.2, 0.25) is 11.9 Å². The second-order valence-corrected chi connectivity index (χ2v) is 7.71. The van der Waals surface area contributed by atoms with Crippen LogP contribution in [0.1, 0.15) is 6.92 Å². The van der Waals surface area contributed by atoms with E-state index in [-0.39, 0.29) is 11.8 Å². The van der Waals surface area contributed by atoms with Crippen molar-refractivity contribution < 1.29 is 4.39 Å². The molecule has 1 aliphatic heterocycles. The number of piperazine rings is 1. The number of rotatable bonds is 6. The molecule has 2 aromatic carbocycles. The Morgan fingerprint density at radius 1 is 0.969 bits per heavy atom. The lowest BCUT2D eigenvalue weighted by atomic mass is 10.2. The van der Waals surface area contributed by atoms with Gasteiger partial charge in [0.15, 0.2) is 11.6 Å². The number of para-hydroxylation sites is 2. The molecule has 3 N–H and O–H groups in total. The molecule has 1 fully saturated rings. The Labute approximate surface area is 185 Å². The molecule has 3 heterocycles. The molecule has 0 amide bonds. The van der Waals surface area contributed by atoms with E-state index in [2.05, 4.69) is 59.4 Å². The van der Waals surface area contributed by atoms with E-state index in [1.54, 1.807) is 0 Å². The Hall–Kier alpha value is -3.72. The van der Waals surface area contributed by atoms with Gasteiger partial charge >= 0.3 is 0 Å². The van der Waals surface area contributed by atoms with Crippen molar-refractivity contribution in [2.24, 2.45) is 0 Å². The summed E-state index contributed by atoms with van der Waals surface area (Å²) in [5.74, 6) is 0.317. The number of hydrogen-bond acceptors (Lipinski definition) is 7. The Morgan fingerprint density at radius 2 is 1.75 bits per heavy atom. The first kappa shape index (κ1) is 20.2. The lowest BCUT2D eigenvalue weighted by Crippen LogP contribution is -2.46. The highest BCUT2D eigenvalue weighted by atomic mass is 19.1. The summed E-state index contributed by atoms with van der Waals surface area (Å²) in [6.07, 6.45) is 1.14. The third-order valence-electron chi connectivity index (χ3n) is 5.68. The molecular formula is C23H25FN8. The second-order valence-electron chi connectivity index (χ2n) is 7.71. The molecule has 5 rings (SSSR count). The minimum absolute atomic E-state index is 0.0999. The summed E-state index contributed by atoms with van der Waals surface area (Å²) in [6, 6.07) is 15.7. The van der Waals surface area contributed by atoms with Gasteiger partial charge in [0.05, 0.1) is 17.2 Å². The number of aromatic amines is 1. The monoisotopic (exact) mass is 432 g/mol. The molecule has 1 aliphatic rings. The van der Waals surface area contributed by atoms with Crippen LogP contribution in [0.25, 0.3) is 11.0 Å². The third kappa shape index (κ3) is 4.33. The largest absolute Gasteiger partial charge is 0.369 e. The fourth-order valence-electron chi connectivity index (χ4n) is 3.85. The van der Waals surface area contributed by atoms with Crippen molar-refractivity contribution in [3.63, 3.8) is 0 Å². The van der Waals surface area contributed by atoms with Crippen molar-refractivity contribution in [1.82, 2.24) is 24.8 Å². The van der Waals surface area contributed by atoms with Crippen molar-refractivity contribution in [2.75, 3.05) is 48.3 Å². The fraction of sp³-hybridized carbons (Fsp3) is 0.261. The topological polar surface area (TPSA) is 85.0 Å². The fourth-order valence-corrected chi connectivity index (χ4v) is 3.85. The number of hydrogen-bond donors (Lipinski definition) is 3. The van der Waals surface area contributed by atoms with E-state index >= 15 is 0 Å². The molecule has 0 spiro atoms. The van der Waals surface area contributed by atoms with Gasteiger partial charge in [-0.05, 0) is 42.9 Å². The number of fused-ring (bicyclic) bond motifs is 1. The minimum atomic E-state index is -0.528. The van der Waals surface area contributed by atoms with Gasteiger partial charge < -0.3 is 20.1 Å². The zero-order chi connectivity index (χ0) is 21.9. The summed E-state index contributed by atoms with van der Waals surface area (Å²) in [5, 5.41) is 6.05. The second kappa shape index (κ2) is 8.80. The van der Waals surface area contributed by atoms with Gasteiger partial charge in [-0.2, -0.15) is 4.98 Å². The number of nitrogens with one attached hydrogen (secondary N) is 3. The molecule has 0 radical (unpaired) electrons. The first-order valence-electron chi connectivity index (χ1n) is 10.8. The number of benzene rings is 2. The van der Waals surface area contributed by atoms with E-state index in [9.17, 15) is 4.39 Å². The molecule has 164 valence electrons. The van der Waals surface area contributed by atoms with Crippen LogP contribution in [0, 0.1) is 5.82 Å². The first-order valence-corrected chi connectivity index (χ1v) is 10.8. The van der Waals surface area contributed by atoms with Gasteiger partial charge in [-0.25, -0.2) is 14.4 Å². The number of halogens is 1. The lowest BCUT2D eigenvalue weighted by molar-refractivity contribution is 0.271. The van der Waals surface area contributed by atoms with Crippen LogP contribution < -0.4 is 15.5 Å². The number of H-pyrrole nitrogens is 1. The highest BCUT2D eigenvalue weighted by Gasteiger charge is 2.16. The maximum Gasteiger partial charge on any atom is 0.231 e. The number of imidazole rings is 1. The summed E-state index contributed by atoms with van der Waals surface area (Å²) in [5.41, 5.74) is 3.65. The molecule has 1 saturated heterocycles. The molecule has 0 aliphatic carbocycles. The summed E-state index contributed by atoms with van der Waals surface area (Å²) < 4.78 is 14.4. The normalized spacial score (nSPS) is 14.6. The molecule has 32 heavy (non-hydrogen) atoms. The van der Waals surface area contributed by atoms with Crippen LogP contribution in [-0.4, -0.2) is 57.6 Å². The Morgan fingerprint density at radius 3 is 2.50 bits per heavy atom. The predicted molar refractivity (Wildman–Crippen MR) is 125 cm³/mol. The van der Waals surface area contributed by atoms with Crippen LogP contribution in [0.4, 0.5) is 33.5 Å². The molecule has 0 saturated carbocycles. The number of likely N-dealkylation sites (N-methyl/N-ethyl adjacent to an activating group) is 1. The van der Waals surface area contributed by atoms with Gasteiger partial charge in [0.1, 0.15) is 0 Å². The van der Waals surface area contributed by atoms with Gasteiger partial charge in [0, 0.05) is 37.6 Å². The molecule has 2 aromatic heterocycles. The summed E-state index contributed by atoms with van der Waals surface area (Å²) >= 11 is 0. The highest BCUT2D eigenvalue weighted by molar-refractivity contribution is 5.77. The van der Waals surface area contributed by atoms with Crippen molar-refractivity contribution in [1.29, 1.82) is 0 Å². The van der Waals surface area contributed by atoms with Crippen molar-refractivity contribution in [3.05, 3.63) is 60.5 Å². The summed E-state index contributed by atoms with van der Waals surface area (Å²) in [7, 11) is 0. The van der Waals surface area contributed by atoms with Crippen molar-refractivity contribution in [2.45, 2.75) is 6.92 Å². The van der Waals surface area contributed by atoms with E-state index in [4.69, 9.17) is 0 Å². The average molecular weight is 433 g/mol. The van der Waals surface area contributed by atoms with Crippen molar-refractivity contribution in [3.8, 4) is 0 Å². The summed E-state index contributed by atoms with van der Waals surface area (Å²) in [4.78, 5) is 20.7. The first-order chi connectivity index (χ1) is 15.7. The van der Waals surface area contributed by atoms with Gasteiger partial charge in [-0.1, -0.05) is 19.1 Å². The van der Waals surface area contributed by atoms with E-state index < -0.39 is 5.82 Å².